The molecule has 1 aliphatic carbocycles. The Kier molecular flexibility index (Phi) is 5.37. The standard InChI is InChI=1S/C22H18ClF4NO4/c1-2-10-9-21(31,22(25,26)27)19(13-8-14(23)17(24)18(29)16(10)13)28-15-5-3-4-12-11(15)6-7-32-20(12)30/h3-8,10,19,28-29,31H,2,9H2,1H3/t10-,19?,21-/m1/s1. The lowest BCUT2D eigenvalue weighted by Gasteiger charge is -2.46. The van der Waals surface area contributed by atoms with Crippen molar-refractivity contribution in [2.45, 2.75) is 43.5 Å². The van der Waals surface area contributed by atoms with Crippen LogP contribution >= 0.6 is 11.6 Å². The van der Waals surface area contributed by atoms with Crippen LogP contribution in [0, 0.1) is 5.82 Å². The van der Waals surface area contributed by atoms with Gasteiger partial charge in [0.1, 0.15) is 0 Å². The fourth-order valence-corrected chi connectivity index (χ4v) is 4.63. The molecular weight excluding hydrogens is 454 g/mol. The summed E-state index contributed by atoms with van der Waals surface area (Å²) < 4.78 is 61.8. The zero-order valence-electron chi connectivity index (χ0n) is 16.6. The van der Waals surface area contributed by atoms with Crippen molar-refractivity contribution in [2.75, 3.05) is 5.32 Å². The minimum absolute atomic E-state index is 0.0411. The third kappa shape index (κ3) is 3.31. The molecule has 1 aromatic heterocycles. The number of phenolic OH excluding ortho intramolecular Hbond substituents is 1. The predicted molar refractivity (Wildman–Crippen MR) is 111 cm³/mol. The highest BCUT2D eigenvalue weighted by molar-refractivity contribution is 6.31. The summed E-state index contributed by atoms with van der Waals surface area (Å²) in [5.74, 6) is -2.95. The molecule has 0 spiro atoms. The number of rotatable bonds is 3. The largest absolute Gasteiger partial charge is 0.505 e. The maximum absolute atomic E-state index is 14.3. The molecule has 4 rings (SSSR count). The van der Waals surface area contributed by atoms with Gasteiger partial charge in [0.25, 0.3) is 0 Å². The van der Waals surface area contributed by atoms with Gasteiger partial charge in [-0.15, -0.1) is 0 Å². The van der Waals surface area contributed by atoms with E-state index in [4.69, 9.17) is 16.0 Å². The highest BCUT2D eigenvalue weighted by atomic mass is 35.5. The van der Waals surface area contributed by atoms with Crippen molar-refractivity contribution in [3.8, 4) is 5.75 Å². The summed E-state index contributed by atoms with van der Waals surface area (Å²) in [6.07, 6.45) is -4.66. The Labute approximate surface area is 184 Å². The van der Waals surface area contributed by atoms with Crippen LogP contribution in [0.15, 0.2) is 45.8 Å². The molecule has 0 aliphatic heterocycles. The summed E-state index contributed by atoms with van der Waals surface area (Å²) in [7, 11) is 0. The summed E-state index contributed by atoms with van der Waals surface area (Å²) in [5, 5.41) is 23.8. The van der Waals surface area contributed by atoms with E-state index in [1.165, 1.54) is 24.3 Å². The summed E-state index contributed by atoms with van der Waals surface area (Å²) >= 11 is 5.85. The van der Waals surface area contributed by atoms with Crippen LogP contribution in [0.25, 0.3) is 10.8 Å². The molecule has 0 amide bonds. The lowest BCUT2D eigenvalue weighted by Crippen LogP contribution is -2.55. The topological polar surface area (TPSA) is 82.7 Å². The van der Waals surface area contributed by atoms with Gasteiger partial charge in [0.2, 0.25) is 0 Å². The molecule has 1 aliphatic rings. The van der Waals surface area contributed by atoms with Gasteiger partial charge in [-0.3, -0.25) is 0 Å². The monoisotopic (exact) mass is 471 g/mol. The molecule has 3 aromatic rings. The number of phenols is 1. The molecule has 1 unspecified atom stereocenters. The highest BCUT2D eigenvalue weighted by Crippen LogP contribution is 2.56. The molecule has 170 valence electrons. The van der Waals surface area contributed by atoms with Crippen molar-refractivity contribution in [3.63, 3.8) is 0 Å². The molecule has 0 saturated heterocycles. The number of halogens is 5. The van der Waals surface area contributed by atoms with Crippen molar-refractivity contribution in [1.82, 2.24) is 0 Å². The van der Waals surface area contributed by atoms with E-state index in [0.717, 1.165) is 12.3 Å². The van der Waals surface area contributed by atoms with E-state index in [-0.39, 0.29) is 34.0 Å². The first-order chi connectivity index (χ1) is 15.0. The van der Waals surface area contributed by atoms with Gasteiger partial charge in [0, 0.05) is 16.6 Å². The van der Waals surface area contributed by atoms with Crippen LogP contribution in [0.4, 0.5) is 23.2 Å². The van der Waals surface area contributed by atoms with Gasteiger partial charge in [0.05, 0.1) is 22.7 Å². The zero-order chi connectivity index (χ0) is 23.4. The lowest BCUT2D eigenvalue weighted by molar-refractivity contribution is -0.272. The first kappa shape index (κ1) is 22.4. The molecule has 10 heteroatoms. The van der Waals surface area contributed by atoms with Crippen LogP contribution in [-0.2, 0) is 0 Å². The molecule has 0 bridgehead atoms. The third-order valence-corrected chi connectivity index (χ3v) is 6.31. The van der Waals surface area contributed by atoms with Crippen molar-refractivity contribution in [2.24, 2.45) is 0 Å². The summed E-state index contributed by atoms with van der Waals surface area (Å²) in [6.45, 7) is 1.58. The zero-order valence-corrected chi connectivity index (χ0v) is 17.4. The first-order valence-electron chi connectivity index (χ1n) is 9.76. The Balaban J connectivity index is 1.98. The number of aliphatic hydroxyl groups is 1. The molecule has 5 nitrogen and oxygen atoms in total. The van der Waals surface area contributed by atoms with E-state index in [0.29, 0.717) is 0 Å². The van der Waals surface area contributed by atoms with Crippen LogP contribution in [-0.4, -0.2) is 22.0 Å². The van der Waals surface area contributed by atoms with Gasteiger partial charge in [-0.05, 0) is 48.6 Å². The quantitative estimate of drug-likeness (QED) is 0.431. The van der Waals surface area contributed by atoms with Crippen molar-refractivity contribution in [3.05, 3.63) is 69.0 Å². The SMILES string of the molecule is CC[C@@H]1C[C@](O)(C(F)(F)F)C(Nc2cccc3c(=O)occc23)c2cc(Cl)c(F)c(O)c21. The predicted octanol–water partition coefficient (Wildman–Crippen LogP) is 5.64. The van der Waals surface area contributed by atoms with E-state index in [9.17, 15) is 32.6 Å². The van der Waals surface area contributed by atoms with E-state index >= 15 is 0 Å². The van der Waals surface area contributed by atoms with Gasteiger partial charge in [0.15, 0.2) is 17.2 Å². The normalized spacial score (nSPS) is 23.2. The average Bonchev–Trinajstić information content (AvgIpc) is 2.73. The summed E-state index contributed by atoms with van der Waals surface area (Å²) in [6, 6.07) is 4.88. The number of hydrogen-bond donors (Lipinski definition) is 3. The molecule has 1 heterocycles. The smallest absolute Gasteiger partial charge is 0.419 e. The van der Waals surface area contributed by atoms with Crippen LogP contribution < -0.4 is 10.9 Å². The molecule has 0 radical (unpaired) electrons. The first-order valence-corrected chi connectivity index (χ1v) is 10.1. The van der Waals surface area contributed by atoms with Crippen LogP contribution in [0.2, 0.25) is 5.02 Å². The number of aromatic hydroxyl groups is 1. The second-order valence-electron chi connectivity index (χ2n) is 7.81. The molecule has 32 heavy (non-hydrogen) atoms. The molecule has 0 saturated carbocycles. The Morgan fingerprint density at radius 3 is 2.66 bits per heavy atom. The second kappa shape index (κ2) is 7.67. The Morgan fingerprint density at radius 2 is 2.00 bits per heavy atom. The van der Waals surface area contributed by atoms with Crippen LogP contribution in [0.1, 0.15) is 42.9 Å². The fraction of sp³-hybridized carbons (Fsp3) is 0.318. The Bertz CT molecular complexity index is 1260. The minimum Gasteiger partial charge on any atom is -0.505 e. The summed E-state index contributed by atoms with van der Waals surface area (Å²) in [5.41, 5.74) is -4.05. The second-order valence-corrected chi connectivity index (χ2v) is 8.21. The maximum Gasteiger partial charge on any atom is 0.419 e. The molecular formula is C22H18ClF4NO4. The van der Waals surface area contributed by atoms with E-state index in [2.05, 4.69) is 5.32 Å². The van der Waals surface area contributed by atoms with Crippen molar-refractivity contribution in [1.29, 1.82) is 0 Å². The van der Waals surface area contributed by atoms with Crippen LogP contribution in [0.5, 0.6) is 5.75 Å². The third-order valence-electron chi connectivity index (χ3n) is 6.04. The van der Waals surface area contributed by atoms with Gasteiger partial charge in [-0.25, -0.2) is 9.18 Å². The Morgan fingerprint density at radius 1 is 1.28 bits per heavy atom. The van der Waals surface area contributed by atoms with Crippen molar-refractivity contribution >= 4 is 28.1 Å². The van der Waals surface area contributed by atoms with E-state index in [1.54, 1.807) is 6.92 Å². The number of nitrogens with one attached hydrogen (secondary N) is 1. The van der Waals surface area contributed by atoms with Gasteiger partial charge in [-0.2, -0.15) is 13.2 Å². The number of fused-ring (bicyclic) bond motifs is 2. The van der Waals surface area contributed by atoms with Gasteiger partial charge >= 0.3 is 11.8 Å². The maximum atomic E-state index is 14.3. The molecule has 0 fully saturated rings. The van der Waals surface area contributed by atoms with E-state index in [1.807, 2.05) is 0 Å². The lowest BCUT2D eigenvalue weighted by atomic mass is 9.69. The van der Waals surface area contributed by atoms with Crippen molar-refractivity contribution < 1.29 is 32.2 Å². The molecule has 3 atom stereocenters. The Hall–Kier alpha value is -2.78. The van der Waals surface area contributed by atoms with Crippen LogP contribution in [0.3, 0.4) is 0 Å². The number of anilines is 1. The fourth-order valence-electron chi connectivity index (χ4n) is 4.42. The van der Waals surface area contributed by atoms with Gasteiger partial charge in [-0.1, -0.05) is 24.6 Å². The number of benzene rings is 2. The number of hydrogen-bond acceptors (Lipinski definition) is 5. The molecule has 2 aromatic carbocycles. The minimum atomic E-state index is -5.07. The average molecular weight is 472 g/mol. The highest BCUT2D eigenvalue weighted by Gasteiger charge is 2.62. The van der Waals surface area contributed by atoms with Gasteiger partial charge < -0.3 is 19.9 Å². The number of alkyl halides is 3. The molecule has 3 N–H and O–H groups in total. The van der Waals surface area contributed by atoms with E-state index < -0.39 is 52.4 Å². The summed E-state index contributed by atoms with van der Waals surface area (Å²) in [4.78, 5) is 12.0.